The highest BCUT2D eigenvalue weighted by molar-refractivity contribution is 7.99. The molecule has 1 saturated carbocycles. The number of carbonyl (C=O) groups is 1. The zero-order chi connectivity index (χ0) is 22.5. The largest absolute Gasteiger partial charge is 0.486 e. The van der Waals surface area contributed by atoms with E-state index in [1.165, 1.54) is 60.6 Å². The number of halogens is 2. The summed E-state index contributed by atoms with van der Waals surface area (Å²) in [5, 5.41) is 21.5. The molecular weight excluding hydrogens is 475 g/mol. The predicted molar refractivity (Wildman–Crippen MR) is 122 cm³/mol. The topological polar surface area (TPSA) is 94.8 Å². The van der Waals surface area contributed by atoms with Gasteiger partial charge in [-0.1, -0.05) is 54.0 Å². The highest BCUT2D eigenvalue weighted by Crippen LogP contribution is 2.35. The second kappa shape index (κ2) is 10.6. The van der Waals surface area contributed by atoms with Crippen molar-refractivity contribution < 1.29 is 13.9 Å². The molecule has 0 bridgehead atoms. The zero-order valence-corrected chi connectivity index (χ0v) is 19.8. The first-order chi connectivity index (χ1) is 15.5. The Bertz CT molecular complexity index is 1090. The van der Waals surface area contributed by atoms with Gasteiger partial charge in [-0.15, -0.1) is 20.4 Å². The summed E-state index contributed by atoms with van der Waals surface area (Å²) in [7, 11) is 1.79. The number of hydrogen-bond donors (Lipinski definition) is 1. The van der Waals surface area contributed by atoms with Gasteiger partial charge in [0.25, 0.3) is 0 Å². The van der Waals surface area contributed by atoms with Crippen LogP contribution in [-0.4, -0.2) is 36.6 Å². The van der Waals surface area contributed by atoms with Gasteiger partial charge >= 0.3 is 0 Å². The smallest absolute Gasteiger partial charge is 0.236 e. The average Bonchev–Trinajstić information content (AvgIpc) is 3.40. The van der Waals surface area contributed by atoms with Gasteiger partial charge in [0.15, 0.2) is 11.0 Å². The Morgan fingerprint density at radius 3 is 2.88 bits per heavy atom. The van der Waals surface area contributed by atoms with Crippen LogP contribution in [0.15, 0.2) is 23.4 Å². The number of hydrogen-bond acceptors (Lipinski definition) is 8. The molecule has 8 nitrogen and oxygen atoms in total. The van der Waals surface area contributed by atoms with Crippen molar-refractivity contribution >= 4 is 45.7 Å². The molecule has 12 heteroatoms. The first-order valence-corrected chi connectivity index (χ1v) is 12.4. The van der Waals surface area contributed by atoms with Crippen molar-refractivity contribution in [3.8, 4) is 5.75 Å². The Morgan fingerprint density at radius 1 is 1.28 bits per heavy atom. The lowest BCUT2D eigenvalue weighted by Gasteiger charge is -2.18. The van der Waals surface area contributed by atoms with Crippen LogP contribution in [0.1, 0.15) is 48.9 Å². The quantitative estimate of drug-likeness (QED) is 0.447. The summed E-state index contributed by atoms with van der Waals surface area (Å²) in [6.07, 6.45) is 6.03. The summed E-state index contributed by atoms with van der Waals surface area (Å²) in [5.74, 6) is 0.939. The maximum Gasteiger partial charge on any atom is 0.236 e. The molecule has 1 aromatic carbocycles. The lowest BCUT2D eigenvalue weighted by Crippen LogP contribution is -2.14. The number of anilines is 1. The maximum atomic E-state index is 13.2. The van der Waals surface area contributed by atoms with Gasteiger partial charge in [-0.05, 0) is 25.0 Å². The number of benzene rings is 1. The molecule has 1 aliphatic carbocycles. The molecule has 4 rings (SSSR count). The van der Waals surface area contributed by atoms with Crippen LogP contribution in [0.5, 0.6) is 5.75 Å². The number of thioether (sulfide) groups is 1. The van der Waals surface area contributed by atoms with Gasteiger partial charge in [0, 0.05) is 19.0 Å². The lowest BCUT2D eigenvalue weighted by molar-refractivity contribution is -0.113. The minimum Gasteiger partial charge on any atom is -0.486 e. The van der Waals surface area contributed by atoms with Gasteiger partial charge in [0.2, 0.25) is 11.0 Å². The van der Waals surface area contributed by atoms with E-state index in [9.17, 15) is 9.18 Å². The highest BCUT2D eigenvalue weighted by atomic mass is 35.5. The van der Waals surface area contributed by atoms with Crippen LogP contribution in [0.25, 0.3) is 0 Å². The number of nitrogens with zero attached hydrogens (tertiary/aromatic N) is 5. The summed E-state index contributed by atoms with van der Waals surface area (Å²) >= 11 is 8.48. The fourth-order valence-corrected chi connectivity index (χ4v) is 5.23. The molecule has 1 amide bonds. The summed E-state index contributed by atoms with van der Waals surface area (Å²) in [5.41, 5.74) is 0. The molecule has 1 aliphatic rings. The lowest BCUT2D eigenvalue weighted by atomic mass is 9.90. The van der Waals surface area contributed by atoms with E-state index < -0.39 is 5.82 Å². The van der Waals surface area contributed by atoms with Crippen molar-refractivity contribution in [2.24, 2.45) is 7.05 Å². The van der Waals surface area contributed by atoms with Crippen LogP contribution < -0.4 is 10.1 Å². The van der Waals surface area contributed by atoms with E-state index >= 15 is 0 Å². The van der Waals surface area contributed by atoms with E-state index in [1.807, 2.05) is 0 Å². The Hall–Kier alpha value is -2.24. The molecule has 0 saturated heterocycles. The molecule has 2 aromatic heterocycles. The fourth-order valence-electron chi connectivity index (χ4n) is 3.40. The fraction of sp³-hybridized carbons (Fsp3) is 0.450. The van der Waals surface area contributed by atoms with Crippen LogP contribution in [-0.2, 0) is 18.4 Å². The van der Waals surface area contributed by atoms with Crippen LogP contribution in [0.4, 0.5) is 9.52 Å². The van der Waals surface area contributed by atoms with E-state index in [4.69, 9.17) is 16.3 Å². The first kappa shape index (κ1) is 22.9. The SMILES string of the molecule is Cn1c(COc2ccc(F)c(Cl)c2)nnc1SCC(=O)Nc1nnc(C2CCCCC2)s1. The van der Waals surface area contributed by atoms with Crippen LogP contribution in [0.2, 0.25) is 5.02 Å². The Kier molecular flexibility index (Phi) is 7.59. The van der Waals surface area contributed by atoms with Crippen molar-refractivity contribution in [3.63, 3.8) is 0 Å². The molecule has 1 fully saturated rings. The summed E-state index contributed by atoms with van der Waals surface area (Å²) < 4.78 is 20.6. The van der Waals surface area contributed by atoms with Crippen LogP contribution in [0.3, 0.4) is 0 Å². The molecule has 3 aromatic rings. The predicted octanol–water partition coefficient (Wildman–Crippen LogP) is 4.82. The van der Waals surface area contributed by atoms with Crippen LogP contribution >= 0.6 is 34.7 Å². The molecular formula is C20H22ClFN6O2S2. The van der Waals surface area contributed by atoms with E-state index in [-0.39, 0.29) is 23.3 Å². The van der Waals surface area contributed by atoms with Crippen molar-refractivity contribution in [1.82, 2.24) is 25.0 Å². The van der Waals surface area contributed by atoms with Gasteiger partial charge in [-0.25, -0.2) is 4.39 Å². The number of aromatic nitrogens is 5. The van der Waals surface area contributed by atoms with Crippen molar-refractivity contribution in [2.75, 3.05) is 11.1 Å². The molecule has 32 heavy (non-hydrogen) atoms. The molecule has 1 N–H and O–H groups in total. The van der Waals surface area contributed by atoms with Crippen molar-refractivity contribution in [3.05, 3.63) is 39.9 Å². The van der Waals surface area contributed by atoms with E-state index in [0.29, 0.717) is 27.8 Å². The molecule has 0 aliphatic heterocycles. The molecule has 0 atom stereocenters. The summed E-state index contributed by atoms with van der Waals surface area (Å²) in [6, 6.07) is 4.13. The monoisotopic (exact) mass is 496 g/mol. The average molecular weight is 497 g/mol. The minimum absolute atomic E-state index is 0.0102. The molecule has 0 radical (unpaired) electrons. The van der Waals surface area contributed by atoms with Crippen molar-refractivity contribution in [1.29, 1.82) is 0 Å². The van der Waals surface area contributed by atoms with Gasteiger partial charge in [0.05, 0.1) is 10.8 Å². The Balaban J connectivity index is 1.26. The van der Waals surface area contributed by atoms with E-state index in [2.05, 4.69) is 25.7 Å². The third-order valence-electron chi connectivity index (χ3n) is 5.16. The number of amides is 1. The third-order valence-corrected chi connectivity index (χ3v) is 7.47. The van der Waals surface area contributed by atoms with E-state index in [1.54, 1.807) is 11.6 Å². The Morgan fingerprint density at radius 2 is 2.09 bits per heavy atom. The number of nitrogens with one attached hydrogen (secondary N) is 1. The van der Waals surface area contributed by atoms with Crippen LogP contribution in [0, 0.1) is 5.82 Å². The Labute approximate surface area is 197 Å². The van der Waals surface area contributed by atoms with E-state index in [0.717, 1.165) is 17.8 Å². The summed E-state index contributed by atoms with van der Waals surface area (Å²) in [6.45, 7) is 0.132. The molecule has 170 valence electrons. The normalized spacial score (nSPS) is 14.5. The number of ether oxygens (including phenoxy) is 1. The van der Waals surface area contributed by atoms with Gasteiger partial charge < -0.3 is 9.30 Å². The van der Waals surface area contributed by atoms with Crippen molar-refractivity contribution in [2.45, 2.75) is 49.8 Å². The third kappa shape index (κ3) is 5.76. The van der Waals surface area contributed by atoms with Gasteiger partial charge in [0.1, 0.15) is 23.2 Å². The molecule has 2 heterocycles. The highest BCUT2D eigenvalue weighted by Gasteiger charge is 2.20. The zero-order valence-electron chi connectivity index (χ0n) is 17.4. The number of carbonyl (C=O) groups excluding carboxylic acids is 1. The first-order valence-electron chi connectivity index (χ1n) is 10.2. The second-order valence-corrected chi connectivity index (χ2v) is 9.80. The summed E-state index contributed by atoms with van der Waals surface area (Å²) in [4.78, 5) is 12.3. The molecule has 0 spiro atoms. The standard InChI is InChI=1S/C20H22ClFN6O2S2/c1-28-16(10-30-13-7-8-15(22)14(21)9-13)24-27-20(28)31-11-17(29)23-19-26-25-18(32-19)12-5-3-2-4-6-12/h7-9,12H,2-6,10-11H2,1H3,(H,23,26,29). The number of rotatable bonds is 8. The second-order valence-electron chi connectivity index (χ2n) is 7.44. The molecule has 0 unspecified atom stereocenters. The minimum atomic E-state index is -0.506. The van der Waals surface area contributed by atoms with Gasteiger partial charge in [-0.2, -0.15) is 0 Å². The maximum absolute atomic E-state index is 13.2. The van der Waals surface area contributed by atoms with Gasteiger partial charge in [-0.3, -0.25) is 10.1 Å².